The van der Waals surface area contributed by atoms with E-state index in [1.165, 1.54) is 36.0 Å². The lowest BCUT2D eigenvalue weighted by molar-refractivity contribution is -0.125. The predicted octanol–water partition coefficient (Wildman–Crippen LogP) is 1.26. The Morgan fingerprint density at radius 1 is 1.35 bits per heavy atom. The molecular formula is C16H20N2O2. The van der Waals surface area contributed by atoms with Crippen molar-refractivity contribution in [3.63, 3.8) is 0 Å². The van der Waals surface area contributed by atoms with Crippen molar-refractivity contribution in [2.75, 3.05) is 13.7 Å². The summed E-state index contributed by atoms with van der Waals surface area (Å²) in [5, 5.41) is 3.03. The number of methoxy groups -OCH3 is 1. The summed E-state index contributed by atoms with van der Waals surface area (Å²) in [6.07, 6.45) is 4.56. The molecule has 2 fully saturated rings. The predicted molar refractivity (Wildman–Crippen MR) is 75.8 cm³/mol. The lowest BCUT2D eigenvalue weighted by Crippen LogP contribution is -2.47. The van der Waals surface area contributed by atoms with E-state index >= 15 is 0 Å². The number of nitrogens with zero attached hydrogens (tertiary/aromatic N) is 1. The first kappa shape index (κ1) is 12.2. The molecule has 1 amide bonds. The number of likely N-dealkylation sites (tertiary alicyclic amines) is 1. The standard InChI is InChI=1S/C16H20N2O2/c1-20-15-6-11-4-2-3-10(11)5-12(15)8-18-9-13-7-14(18)16(19)17-13/h5-6,13-14H,2-4,7-9H2,1H3,(H,17,19)/t13-,14-/m0/s1. The number of hydrogen-bond donors (Lipinski definition) is 1. The number of benzene rings is 1. The summed E-state index contributed by atoms with van der Waals surface area (Å²) in [6.45, 7) is 1.79. The van der Waals surface area contributed by atoms with Crippen LogP contribution in [-0.4, -0.2) is 36.5 Å². The summed E-state index contributed by atoms with van der Waals surface area (Å²) in [4.78, 5) is 14.1. The molecule has 0 unspecified atom stereocenters. The first-order valence-electron chi connectivity index (χ1n) is 7.47. The molecule has 1 aromatic rings. The topological polar surface area (TPSA) is 41.6 Å². The van der Waals surface area contributed by atoms with E-state index in [0.29, 0.717) is 6.04 Å². The SMILES string of the molecule is COc1cc2c(cc1CN1C[C@@H]3C[C@H]1C(=O)N3)CCC2. The molecule has 0 aromatic heterocycles. The van der Waals surface area contributed by atoms with Crippen LogP contribution in [0.5, 0.6) is 5.75 Å². The van der Waals surface area contributed by atoms with Crippen LogP contribution in [0.25, 0.3) is 0 Å². The number of ether oxygens (including phenoxy) is 1. The van der Waals surface area contributed by atoms with Crippen LogP contribution >= 0.6 is 0 Å². The minimum atomic E-state index is 0.0676. The summed E-state index contributed by atoms with van der Waals surface area (Å²) in [5.74, 6) is 1.18. The molecule has 1 N–H and O–H groups in total. The van der Waals surface area contributed by atoms with E-state index in [1.54, 1.807) is 7.11 Å². The fraction of sp³-hybridized carbons (Fsp3) is 0.562. The normalized spacial score (nSPS) is 27.8. The van der Waals surface area contributed by atoms with E-state index in [2.05, 4.69) is 22.3 Å². The van der Waals surface area contributed by atoms with Crippen molar-refractivity contribution in [1.82, 2.24) is 10.2 Å². The van der Waals surface area contributed by atoms with Crippen LogP contribution in [0.15, 0.2) is 12.1 Å². The first-order valence-corrected chi connectivity index (χ1v) is 7.47. The number of rotatable bonds is 3. The van der Waals surface area contributed by atoms with Crippen molar-refractivity contribution in [3.05, 3.63) is 28.8 Å². The first-order chi connectivity index (χ1) is 9.74. The second-order valence-corrected chi connectivity index (χ2v) is 6.17. The zero-order valence-electron chi connectivity index (χ0n) is 11.8. The van der Waals surface area contributed by atoms with Gasteiger partial charge in [-0.15, -0.1) is 0 Å². The van der Waals surface area contributed by atoms with Gasteiger partial charge in [-0.2, -0.15) is 0 Å². The van der Waals surface area contributed by atoms with Crippen molar-refractivity contribution in [1.29, 1.82) is 0 Å². The Kier molecular flexibility index (Phi) is 2.74. The van der Waals surface area contributed by atoms with Gasteiger partial charge in [0.15, 0.2) is 0 Å². The van der Waals surface area contributed by atoms with E-state index in [9.17, 15) is 4.79 Å². The minimum absolute atomic E-state index is 0.0676. The van der Waals surface area contributed by atoms with E-state index in [4.69, 9.17) is 4.74 Å². The molecule has 2 saturated heterocycles. The second-order valence-electron chi connectivity index (χ2n) is 6.17. The van der Waals surface area contributed by atoms with Gasteiger partial charge in [-0.1, -0.05) is 6.07 Å². The number of piperazine rings is 1. The highest BCUT2D eigenvalue weighted by Gasteiger charge is 2.43. The summed E-state index contributed by atoms with van der Waals surface area (Å²) >= 11 is 0. The maximum Gasteiger partial charge on any atom is 0.237 e. The molecule has 2 heterocycles. The van der Waals surface area contributed by atoms with Crippen LogP contribution < -0.4 is 10.1 Å². The molecule has 2 aliphatic heterocycles. The van der Waals surface area contributed by atoms with Gasteiger partial charge >= 0.3 is 0 Å². The van der Waals surface area contributed by atoms with Crippen molar-refractivity contribution >= 4 is 5.91 Å². The number of amides is 1. The Morgan fingerprint density at radius 2 is 2.15 bits per heavy atom. The third kappa shape index (κ3) is 1.82. The zero-order valence-corrected chi connectivity index (χ0v) is 11.8. The Labute approximate surface area is 119 Å². The second kappa shape index (κ2) is 4.48. The van der Waals surface area contributed by atoms with Gasteiger partial charge in [0.05, 0.1) is 13.2 Å². The van der Waals surface area contributed by atoms with Crippen LogP contribution in [0.3, 0.4) is 0 Å². The van der Waals surface area contributed by atoms with Crippen molar-refractivity contribution in [2.45, 2.75) is 44.3 Å². The van der Waals surface area contributed by atoms with E-state index in [0.717, 1.165) is 25.3 Å². The van der Waals surface area contributed by atoms with Gasteiger partial charge in [0.2, 0.25) is 5.91 Å². The average molecular weight is 272 g/mol. The van der Waals surface area contributed by atoms with E-state index < -0.39 is 0 Å². The van der Waals surface area contributed by atoms with Crippen LogP contribution in [-0.2, 0) is 24.2 Å². The van der Waals surface area contributed by atoms with Gasteiger partial charge in [0, 0.05) is 24.7 Å². The molecule has 0 radical (unpaired) electrons. The number of nitrogens with one attached hydrogen (secondary N) is 1. The summed E-state index contributed by atoms with van der Waals surface area (Å²) in [7, 11) is 1.74. The smallest absolute Gasteiger partial charge is 0.237 e. The largest absolute Gasteiger partial charge is 0.496 e. The minimum Gasteiger partial charge on any atom is -0.496 e. The van der Waals surface area contributed by atoms with Crippen LogP contribution in [0, 0.1) is 0 Å². The molecule has 0 saturated carbocycles. The van der Waals surface area contributed by atoms with E-state index in [-0.39, 0.29) is 11.9 Å². The van der Waals surface area contributed by atoms with Gasteiger partial charge in [-0.05, 0) is 42.9 Å². The van der Waals surface area contributed by atoms with Gasteiger partial charge in [0.25, 0.3) is 0 Å². The molecule has 2 bridgehead atoms. The van der Waals surface area contributed by atoms with Gasteiger partial charge in [-0.25, -0.2) is 0 Å². The number of carbonyl (C=O) groups is 1. The van der Waals surface area contributed by atoms with Crippen LogP contribution in [0.4, 0.5) is 0 Å². The number of aryl methyl sites for hydroxylation is 2. The van der Waals surface area contributed by atoms with Gasteiger partial charge in [0.1, 0.15) is 5.75 Å². The lowest BCUT2D eigenvalue weighted by Gasteiger charge is -2.27. The average Bonchev–Trinajstić information content (AvgIpc) is 3.11. The lowest BCUT2D eigenvalue weighted by atomic mass is 10.0. The van der Waals surface area contributed by atoms with E-state index in [1.807, 2.05) is 0 Å². The van der Waals surface area contributed by atoms with Gasteiger partial charge < -0.3 is 10.1 Å². The van der Waals surface area contributed by atoms with Crippen molar-refractivity contribution in [3.8, 4) is 5.75 Å². The quantitative estimate of drug-likeness (QED) is 0.900. The molecule has 3 aliphatic rings. The molecule has 4 rings (SSSR count). The maximum atomic E-state index is 11.8. The third-order valence-electron chi connectivity index (χ3n) is 4.92. The van der Waals surface area contributed by atoms with Crippen molar-refractivity contribution in [2.24, 2.45) is 0 Å². The molecular weight excluding hydrogens is 252 g/mol. The summed E-state index contributed by atoms with van der Waals surface area (Å²) in [6, 6.07) is 4.92. The molecule has 1 aromatic carbocycles. The van der Waals surface area contributed by atoms with Crippen molar-refractivity contribution < 1.29 is 9.53 Å². The highest BCUT2D eigenvalue weighted by molar-refractivity contribution is 5.85. The molecule has 0 spiro atoms. The molecule has 20 heavy (non-hydrogen) atoms. The summed E-state index contributed by atoms with van der Waals surface area (Å²) in [5.41, 5.74) is 4.13. The molecule has 106 valence electrons. The number of hydrogen-bond acceptors (Lipinski definition) is 3. The monoisotopic (exact) mass is 272 g/mol. The Morgan fingerprint density at radius 3 is 2.85 bits per heavy atom. The fourth-order valence-electron chi connectivity index (χ4n) is 3.94. The summed E-state index contributed by atoms with van der Waals surface area (Å²) < 4.78 is 5.56. The fourth-order valence-corrected chi connectivity index (χ4v) is 3.94. The highest BCUT2D eigenvalue weighted by Crippen LogP contribution is 2.33. The maximum absolute atomic E-state index is 11.8. The number of fused-ring (bicyclic) bond motifs is 3. The Bertz CT molecular complexity index is 570. The van der Waals surface area contributed by atoms with Gasteiger partial charge in [-0.3, -0.25) is 9.69 Å². The highest BCUT2D eigenvalue weighted by atomic mass is 16.5. The van der Waals surface area contributed by atoms with Crippen LogP contribution in [0.1, 0.15) is 29.5 Å². The zero-order chi connectivity index (χ0) is 13.7. The molecule has 4 heteroatoms. The third-order valence-corrected chi connectivity index (χ3v) is 4.92. The molecule has 1 aliphatic carbocycles. The van der Waals surface area contributed by atoms with Crippen LogP contribution in [0.2, 0.25) is 0 Å². The Balaban J connectivity index is 1.61. The molecule has 2 atom stereocenters. The Hall–Kier alpha value is -1.55. The number of carbonyl (C=O) groups excluding carboxylic acids is 1. The molecule has 4 nitrogen and oxygen atoms in total.